The Morgan fingerprint density at radius 1 is 0.667 bits per heavy atom. The summed E-state index contributed by atoms with van der Waals surface area (Å²) in [5, 5.41) is 11.3. The number of hydrogen-bond acceptors (Lipinski definition) is 6. The fraction of sp³-hybridized carbons (Fsp3) is 0.125. The zero-order valence-electron chi connectivity index (χ0n) is 20.4. The molecule has 0 aromatic heterocycles. The number of ether oxygens (including phenoxy) is 1. The third-order valence-electron chi connectivity index (χ3n) is 8.18. The average molecular weight is 515 g/mol. The highest BCUT2D eigenvalue weighted by molar-refractivity contribution is 6.26. The van der Waals surface area contributed by atoms with Gasteiger partial charge in [-0.2, -0.15) is 0 Å². The molecule has 4 aromatic carbocycles. The van der Waals surface area contributed by atoms with Gasteiger partial charge >= 0.3 is 0 Å². The van der Waals surface area contributed by atoms with Crippen LogP contribution in [0.5, 0.6) is 0 Å². The summed E-state index contributed by atoms with van der Waals surface area (Å²) in [5.41, 5.74) is -0.924. The summed E-state index contributed by atoms with van der Waals surface area (Å²) in [4.78, 5) is 55.6. The summed E-state index contributed by atoms with van der Waals surface area (Å²) < 4.78 is 6.92. The van der Waals surface area contributed by atoms with Crippen LogP contribution in [0.4, 0.5) is 5.69 Å². The van der Waals surface area contributed by atoms with E-state index in [4.69, 9.17) is 4.74 Å². The van der Waals surface area contributed by atoms with E-state index in [1.54, 1.807) is 48.5 Å². The minimum Gasteiger partial charge on any atom is -0.545 e. The minimum atomic E-state index is -1.75. The fourth-order valence-corrected chi connectivity index (χ4v) is 6.62. The zero-order valence-corrected chi connectivity index (χ0v) is 20.4. The summed E-state index contributed by atoms with van der Waals surface area (Å²) in [6.45, 7) is 0. The van der Waals surface area contributed by atoms with E-state index < -0.39 is 40.8 Å². The second-order valence-electron chi connectivity index (χ2n) is 9.98. The van der Waals surface area contributed by atoms with Crippen molar-refractivity contribution in [3.8, 4) is 0 Å². The van der Waals surface area contributed by atoms with Crippen LogP contribution in [0.1, 0.15) is 37.4 Å². The molecule has 7 rings (SSSR count). The largest absolute Gasteiger partial charge is 0.545 e. The van der Waals surface area contributed by atoms with E-state index in [-0.39, 0.29) is 17.0 Å². The second-order valence-corrected chi connectivity index (χ2v) is 9.98. The molecule has 7 nitrogen and oxygen atoms in total. The molecule has 0 saturated carbocycles. The number of hydrogen-bond donors (Lipinski definition) is 0. The highest BCUT2D eigenvalue weighted by Crippen LogP contribution is 2.66. The number of rotatable bonds is 4. The monoisotopic (exact) mass is 514 g/mol. The van der Waals surface area contributed by atoms with Crippen molar-refractivity contribution in [2.75, 3.05) is 4.90 Å². The van der Waals surface area contributed by atoms with Crippen molar-refractivity contribution >= 4 is 29.3 Å². The number of aromatic carboxylic acids is 1. The van der Waals surface area contributed by atoms with Crippen molar-refractivity contribution in [3.05, 3.63) is 137 Å². The molecule has 39 heavy (non-hydrogen) atoms. The van der Waals surface area contributed by atoms with Gasteiger partial charge in [0.2, 0.25) is 17.6 Å². The molecule has 3 aliphatic heterocycles. The van der Waals surface area contributed by atoms with Crippen molar-refractivity contribution in [2.24, 2.45) is 11.8 Å². The topological polar surface area (TPSA) is 104 Å². The van der Waals surface area contributed by atoms with Crippen LogP contribution in [0.2, 0.25) is 0 Å². The Hall–Kier alpha value is -4.88. The van der Waals surface area contributed by atoms with Crippen molar-refractivity contribution in [1.82, 2.24) is 0 Å². The maximum atomic E-state index is 14.4. The van der Waals surface area contributed by atoms with Gasteiger partial charge in [-0.05, 0) is 28.8 Å². The number of imide groups is 1. The molecule has 2 fully saturated rings. The number of ketones is 1. The van der Waals surface area contributed by atoms with Crippen molar-refractivity contribution in [3.63, 3.8) is 0 Å². The molecular weight excluding hydrogens is 494 g/mol. The third kappa shape index (κ3) is 2.85. The van der Waals surface area contributed by atoms with Gasteiger partial charge in [-0.25, -0.2) is 4.90 Å². The Morgan fingerprint density at radius 3 is 1.77 bits per heavy atom. The SMILES string of the molecule is O=C([O-])c1ccc(N2C(=O)[C@@H]3[C@H](C2=O)[C@]2(c4ccccc4)O[C@@]3(c3ccccc3)c3ccccc3C2=O)cc1. The lowest BCUT2D eigenvalue weighted by molar-refractivity contribution is -0.255. The molecule has 0 unspecified atom stereocenters. The van der Waals surface area contributed by atoms with Crippen LogP contribution in [-0.2, 0) is 25.5 Å². The maximum absolute atomic E-state index is 14.4. The van der Waals surface area contributed by atoms with Gasteiger partial charge in [0.15, 0.2) is 5.60 Å². The number of anilines is 1. The summed E-state index contributed by atoms with van der Waals surface area (Å²) in [5.74, 6) is -5.05. The Bertz CT molecular complexity index is 1680. The summed E-state index contributed by atoms with van der Waals surface area (Å²) in [6, 6.07) is 30.5. The van der Waals surface area contributed by atoms with Crippen LogP contribution in [0.3, 0.4) is 0 Å². The number of carboxylic acid groups (broad SMARTS) is 1. The summed E-state index contributed by atoms with van der Waals surface area (Å²) in [6.07, 6.45) is 0. The van der Waals surface area contributed by atoms with Crippen molar-refractivity contribution in [2.45, 2.75) is 11.2 Å². The van der Waals surface area contributed by atoms with Crippen LogP contribution in [-0.4, -0.2) is 23.6 Å². The molecule has 0 aliphatic carbocycles. The molecule has 2 saturated heterocycles. The lowest BCUT2D eigenvalue weighted by Crippen LogP contribution is -2.51. The number of benzene rings is 4. The Balaban J connectivity index is 1.53. The predicted octanol–water partition coefficient (Wildman–Crippen LogP) is 3.22. The molecule has 4 atom stereocenters. The fourth-order valence-electron chi connectivity index (χ4n) is 6.62. The van der Waals surface area contributed by atoms with Gasteiger partial charge in [0.05, 0.1) is 23.5 Å². The quantitative estimate of drug-likeness (QED) is 0.388. The van der Waals surface area contributed by atoms with Gasteiger partial charge in [-0.15, -0.1) is 0 Å². The number of carbonyl (C=O) groups excluding carboxylic acids is 4. The Labute approximate surface area is 223 Å². The van der Waals surface area contributed by atoms with E-state index in [2.05, 4.69) is 0 Å². The lowest BCUT2D eigenvalue weighted by Gasteiger charge is -2.43. The molecule has 190 valence electrons. The number of Topliss-reactive ketones (excluding diaryl/α,β-unsaturated/α-hetero) is 1. The smallest absolute Gasteiger partial charge is 0.241 e. The van der Waals surface area contributed by atoms with Crippen LogP contribution in [0, 0.1) is 11.8 Å². The Kier molecular flexibility index (Phi) is 4.80. The molecule has 0 N–H and O–H groups in total. The molecule has 3 aliphatic rings. The van der Waals surface area contributed by atoms with Gasteiger partial charge in [-0.1, -0.05) is 97.1 Å². The van der Waals surface area contributed by atoms with E-state index in [0.29, 0.717) is 22.3 Å². The predicted molar refractivity (Wildman–Crippen MR) is 137 cm³/mol. The standard InChI is InChI=1S/C32H21NO6/c34-27-23-13-7-8-14-24(23)31(20-9-3-1-4-10-20)25-26(32(27,39-31)21-11-5-2-6-12-21)29(36)33(28(25)35)22-17-15-19(16-18-22)30(37)38/h1-18,25-26H,(H,37,38)/p-1/t25-,26+,31-,32-/m0/s1. The normalized spacial score (nSPS) is 26.9. The van der Waals surface area contributed by atoms with Crippen LogP contribution >= 0.6 is 0 Å². The first-order valence-corrected chi connectivity index (χ1v) is 12.6. The first-order chi connectivity index (χ1) is 18.9. The van der Waals surface area contributed by atoms with Gasteiger partial charge in [0.25, 0.3) is 0 Å². The zero-order chi connectivity index (χ0) is 26.9. The summed E-state index contributed by atoms with van der Waals surface area (Å²) >= 11 is 0. The minimum absolute atomic E-state index is 0.0798. The van der Waals surface area contributed by atoms with E-state index in [1.165, 1.54) is 24.3 Å². The number of fused-ring (bicyclic) bond motifs is 7. The van der Waals surface area contributed by atoms with E-state index >= 15 is 0 Å². The highest BCUT2D eigenvalue weighted by atomic mass is 16.5. The van der Waals surface area contributed by atoms with Crippen LogP contribution in [0.25, 0.3) is 0 Å². The molecule has 7 heteroatoms. The number of nitrogens with zero attached hydrogens (tertiary/aromatic N) is 1. The number of carbonyl (C=O) groups is 4. The van der Waals surface area contributed by atoms with Gasteiger partial charge in [0, 0.05) is 11.1 Å². The number of carboxylic acids is 1. The summed E-state index contributed by atoms with van der Waals surface area (Å²) in [7, 11) is 0. The molecule has 2 amide bonds. The third-order valence-corrected chi connectivity index (χ3v) is 8.18. The molecule has 0 spiro atoms. The highest BCUT2D eigenvalue weighted by Gasteiger charge is 2.78. The molecule has 0 radical (unpaired) electrons. The lowest BCUT2D eigenvalue weighted by atomic mass is 9.72. The molecule has 4 aromatic rings. The second kappa shape index (κ2) is 8.06. The van der Waals surface area contributed by atoms with Gasteiger partial charge in [-0.3, -0.25) is 14.4 Å². The van der Waals surface area contributed by atoms with E-state index in [9.17, 15) is 24.3 Å². The van der Waals surface area contributed by atoms with Gasteiger partial charge in [0.1, 0.15) is 5.60 Å². The van der Waals surface area contributed by atoms with Crippen LogP contribution in [0.15, 0.2) is 109 Å². The first-order valence-electron chi connectivity index (χ1n) is 12.6. The molecule has 3 heterocycles. The average Bonchev–Trinajstić information content (AvgIpc) is 3.43. The van der Waals surface area contributed by atoms with E-state index in [0.717, 1.165) is 4.90 Å². The van der Waals surface area contributed by atoms with E-state index in [1.807, 2.05) is 36.4 Å². The van der Waals surface area contributed by atoms with Gasteiger partial charge < -0.3 is 14.6 Å². The van der Waals surface area contributed by atoms with Crippen molar-refractivity contribution in [1.29, 1.82) is 0 Å². The van der Waals surface area contributed by atoms with Crippen LogP contribution < -0.4 is 10.0 Å². The number of amides is 2. The van der Waals surface area contributed by atoms with Crippen molar-refractivity contribution < 1.29 is 29.0 Å². The molecule has 2 bridgehead atoms. The maximum Gasteiger partial charge on any atom is 0.241 e. The first kappa shape index (κ1) is 23.3. The molecular formula is C32H20NO6-. The Morgan fingerprint density at radius 2 is 1.18 bits per heavy atom.